The van der Waals surface area contributed by atoms with E-state index in [0.29, 0.717) is 19.4 Å². The number of carbonyl (C=O) groups is 2. The fourth-order valence-electron chi connectivity index (χ4n) is 5.69. The fraction of sp³-hybridized carbons (Fsp3) is 0.673. The Kier molecular flexibility index (Phi) is 42.1. The Hall–Kier alpha value is -2.92. The SMILES string of the molecule is CC/C=C\C/C=C\C/C=C\C/C=C\CCCCC(=O)OC(COCCCCCCCC)COC(=O)CCCCCCCCC/C=C\C/C=C\C/C=C\CC. The smallest absolute Gasteiger partial charge is 0.306 e. The first-order chi connectivity index (χ1) is 26.6. The van der Waals surface area contributed by atoms with Gasteiger partial charge < -0.3 is 14.2 Å². The molecule has 5 heteroatoms. The summed E-state index contributed by atoms with van der Waals surface area (Å²) < 4.78 is 17.2. The lowest BCUT2D eigenvalue weighted by molar-refractivity contribution is -0.163. The molecule has 0 aliphatic carbocycles. The van der Waals surface area contributed by atoms with E-state index in [1.807, 2.05) is 0 Å². The zero-order valence-corrected chi connectivity index (χ0v) is 35.2. The lowest BCUT2D eigenvalue weighted by Crippen LogP contribution is -2.30. The minimum absolute atomic E-state index is 0.0596. The van der Waals surface area contributed by atoms with Gasteiger partial charge in [0.2, 0.25) is 0 Å². The van der Waals surface area contributed by atoms with Crippen LogP contribution in [0.3, 0.4) is 0 Å². The van der Waals surface area contributed by atoms with Crippen molar-refractivity contribution >= 4 is 11.9 Å². The van der Waals surface area contributed by atoms with Crippen molar-refractivity contribution in [3.05, 3.63) is 85.1 Å². The average Bonchev–Trinajstić information content (AvgIpc) is 3.17. The van der Waals surface area contributed by atoms with Crippen molar-refractivity contribution in [1.29, 1.82) is 0 Å². The summed E-state index contributed by atoms with van der Waals surface area (Å²) in [5.74, 6) is -0.465. The number of allylic oxidation sites excluding steroid dienone is 14. The standard InChI is InChI=1S/C49H82O5/c1-4-7-10-13-16-18-20-22-24-25-27-28-30-32-34-36-39-42-48(50)53-46-47(45-52-44-41-38-15-12-9-6-3)54-49(51)43-40-37-35-33-31-29-26-23-21-19-17-14-11-8-5-2/h7-8,10-11,16-19,22-24,26,31,33,47H,4-6,9,12-15,20-21,25,27-30,32,34-46H2,1-3H3/b10-7-,11-8-,18-16-,19-17-,24-22-,26-23-,33-31-. The second-order valence-electron chi connectivity index (χ2n) is 14.2. The van der Waals surface area contributed by atoms with Crippen LogP contribution in [-0.2, 0) is 23.8 Å². The molecule has 0 bridgehead atoms. The van der Waals surface area contributed by atoms with Gasteiger partial charge >= 0.3 is 11.9 Å². The zero-order chi connectivity index (χ0) is 39.3. The number of ether oxygens (including phenoxy) is 3. The molecule has 0 radical (unpaired) electrons. The molecule has 5 nitrogen and oxygen atoms in total. The van der Waals surface area contributed by atoms with Crippen molar-refractivity contribution < 1.29 is 23.8 Å². The number of hydrogen-bond acceptors (Lipinski definition) is 5. The Morgan fingerprint density at radius 2 is 0.833 bits per heavy atom. The first-order valence-corrected chi connectivity index (χ1v) is 22.1. The predicted molar refractivity (Wildman–Crippen MR) is 233 cm³/mol. The van der Waals surface area contributed by atoms with Crippen LogP contribution in [0.2, 0.25) is 0 Å². The van der Waals surface area contributed by atoms with Gasteiger partial charge in [0.1, 0.15) is 6.61 Å². The van der Waals surface area contributed by atoms with Crippen LogP contribution in [0.15, 0.2) is 85.1 Å². The van der Waals surface area contributed by atoms with Crippen molar-refractivity contribution in [2.45, 2.75) is 194 Å². The minimum Gasteiger partial charge on any atom is -0.462 e. The highest BCUT2D eigenvalue weighted by molar-refractivity contribution is 5.70. The second kappa shape index (κ2) is 44.5. The van der Waals surface area contributed by atoms with Gasteiger partial charge in [-0.3, -0.25) is 9.59 Å². The molecule has 0 fully saturated rings. The molecule has 308 valence electrons. The zero-order valence-electron chi connectivity index (χ0n) is 35.2. The van der Waals surface area contributed by atoms with Crippen LogP contribution in [0, 0.1) is 0 Å². The Balaban J connectivity index is 4.22. The van der Waals surface area contributed by atoms with Gasteiger partial charge in [-0.05, 0) is 89.9 Å². The monoisotopic (exact) mass is 751 g/mol. The molecule has 0 saturated carbocycles. The average molecular weight is 751 g/mol. The van der Waals surface area contributed by atoms with Gasteiger partial charge in [0.15, 0.2) is 6.10 Å². The minimum atomic E-state index is -0.560. The first-order valence-electron chi connectivity index (χ1n) is 22.1. The molecule has 0 amide bonds. The van der Waals surface area contributed by atoms with Crippen molar-refractivity contribution in [1.82, 2.24) is 0 Å². The number of esters is 2. The number of carbonyl (C=O) groups excluding carboxylic acids is 2. The molecule has 0 N–H and O–H groups in total. The lowest BCUT2D eigenvalue weighted by Gasteiger charge is -2.18. The Bertz CT molecular complexity index is 1030. The molecule has 0 rings (SSSR count). The van der Waals surface area contributed by atoms with Crippen LogP contribution in [-0.4, -0.2) is 37.9 Å². The largest absolute Gasteiger partial charge is 0.462 e. The summed E-state index contributed by atoms with van der Waals surface area (Å²) in [6.07, 6.45) is 57.3. The highest BCUT2D eigenvalue weighted by Crippen LogP contribution is 2.12. The summed E-state index contributed by atoms with van der Waals surface area (Å²) in [5.41, 5.74) is 0. The van der Waals surface area contributed by atoms with Gasteiger partial charge in [-0.15, -0.1) is 0 Å². The van der Waals surface area contributed by atoms with E-state index >= 15 is 0 Å². The van der Waals surface area contributed by atoms with Gasteiger partial charge in [0.05, 0.1) is 6.61 Å². The summed E-state index contributed by atoms with van der Waals surface area (Å²) in [7, 11) is 0. The highest BCUT2D eigenvalue weighted by Gasteiger charge is 2.17. The summed E-state index contributed by atoms with van der Waals surface area (Å²) in [4.78, 5) is 25.1. The molecular weight excluding hydrogens is 669 g/mol. The Labute approximate surface area is 333 Å². The maximum Gasteiger partial charge on any atom is 0.306 e. The van der Waals surface area contributed by atoms with E-state index in [1.165, 1.54) is 51.4 Å². The van der Waals surface area contributed by atoms with Crippen LogP contribution in [0.5, 0.6) is 0 Å². The lowest BCUT2D eigenvalue weighted by atomic mass is 10.1. The van der Waals surface area contributed by atoms with Crippen molar-refractivity contribution in [2.24, 2.45) is 0 Å². The molecular formula is C49H82O5. The van der Waals surface area contributed by atoms with Crippen LogP contribution in [0.25, 0.3) is 0 Å². The number of rotatable bonds is 39. The summed E-state index contributed by atoms with van der Waals surface area (Å²) in [6, 6.07) is 0. The number of unbranched alkanes of at least 4 members (excludes halogenated alkanes) is 14. The maximum atomic E-state index is 12.7. The van der Waals surface area contributed by atoms with Gasteiger partial charge in [0, 0.05) is 19.4 Å². The summed E-state index contributed by atoms with van der Waals surface area (Å²) >= 11 is 0. The third-order valence-electron chi connectivity index (χ3n) is 8.93. The second-order valence-corrected chi connectivity index (χ2v) is 14.2. The van der Waals surface area contributed by atoms with Gasteiger partial charge in [-0.1, -0.05) is 170 Å². The van der Waals surface area contributed by atoms with Crippen LogP contribution in [0.1, 0.15) is 188 Å². The van der Waals surface area contributed by atoms with E-state index in [9.17, 15) is 9.59 Å². The quantitative estimate of drug-likeness (QED) is 0.0356. The van der Waals surface area contributed by atoms with Crippen molar-refractivity contribution in [2.75, 3.05) is 19.8 Å². The molecule has 0 aromatic heterocycles. The fourth-order valence-corrected chi connectivity index (χ4v) is 5.69. The molecule has 0 aliphatic rings. The van der Waals surface area contributed by atoms with Crippen LogP contribution < -0.4 is 0 Å². The molecule has 0 heterocycles. The van der Waals surface area contributed by atoms with Crippen LogP contribution in [0.4, 0.5) is 0 Å². The van der Waals surface area contributed by atoms with E-state index in [2.05, 4.69) is 106 Å². The molecule has 0 aromatic rings. The van der Waals surface area contributed by atoms with Crippen LogP contribution >= 0.6 is 0 Å². The van der Waals surface area contributed by atoms with E-state index in [-0.39, 0.29) is 25.2 Å². The normalized spacial score (nSPS) is 13.0. The third-order valence-corrected chi connectivity index (χ3v) is 8.93. The molecule has 0 aliphatic heterocycles. The molecule has 1 unspecified atom stereocenters. The number of hydrogen-bond donors (Lipinski definition) is 0. The first kappa shape index (κ1) is 51.1. The summed E-state index contributed by atoms with van der Waals surface area (Å²) in [5, 5.41) is 0. The van der Waals surface area contributed by atoms with E-state index < -0.39 is 6.10 Å². The van der Waals surface area contributed by atoms with E-state index in [0.717, 1.165) is 103 Å². The van der Waals surface area contributed by atoms with Gasteiger partial charge in [0.25, 0.3) is 0 Å². The van der Waals surface area contributed by atoms with Gasteiger partial charge in [-0.25, -0.2) is 0 Å². The molecule has 1 atom stereocenters. The highest BCUT2D eigenvalue weighted by atomic mass is 16.6. The predicted octanol–water partition coefficient (Wildman–Crippen LogP) is 14.6. The Morgan fingerprint density at radius 3 is 1.37 bits per heavy atom. The Morgan fingerprint density at radius 1 is 0.426 bits per heavy atom. The van der Waals surface area contributed by atoms with Crippen molar-refractivity contribution in [3.8, 4) is 0 Å². The molecule has 54 heavy (non-hydrogen) atoms. The van der Waals surface area contributed by atoms with Crippen molar-refractivity contribution in [3.63, 3.8) is 0 Å². The van der Waals surface area contributed by atoms with E-state index in [1.54, 1.807) is 0 Å². The molecule has 0 spiro atoms. The van der Waals surface area contributed by atoms with Gasteiger partial charge in [-0.2, -0.15) is 0 Å². The maximum absolute atomic E-state index is 12.7. The summed E-state index contributed by atoms with van der Waals surface area (Å²) in [6.45, 7) is 7.49. The van der Waals surface area contributed by atoms with E-state index in [4.69, 9.17) is 14.2 Å². The molecule has 0 saturated heterocycles. The third kappa shape index (κ3) is 41.8. The topological polar surface area (TPSA) is 61.8 Å². The molecule has 0 aromatic carbocycles.